The zero-order valence-corrected chi connectivity index (χ0v) is 10.3. The second-order valence-corrected chi connectivity index (χ2v) is 4.03. The van der Waals surface area contributed by atoms with Crippen LogP contribution in [0.1, 0.15) is 10.4 Å². The van der Waals surface area contributed by atoms with E-state index in [9.17, 15) is 14.9 Å². The molecule has 1 rings (SSSR count). The predicted octanol–water partition coefficient (Wildman–Crippen LogP) is 0.711. The molecule has 19 heavy (non-hydrogen) atoms. The number of nitro benzene ring substituents is 1. The first-order chi connectivity index (χ1) is 8.90. The molecule has 0 bridgehead atoms. The molecule has 1 aromatic rings. The maximum absolute atomic E-state index is 11.1. The van der Waals surface area contributed by atoms with Crippen molar-refractivity contribution in [2.24, 2.45) is 0 Å². The monoisotopic (exact) mass is 290 g/mol. The quantitative estimate of drug-likeness (QED) is 0.448. The first-order valence-corrected chi connectivity index (χ1v) is 5.48. The molecule has 104 valence electrons. The van der Waals surface area contributed by atoms with Crippen molar-refractivity contribution in [3.63, 3.8) is 0 Å². The van der Waals surface area contributed by atoms with E-state index < -0.39 is 41.4 Å². The molecule has 0 aliphatic rings. The zero-order valence-electron chi connectivity index (χ0n) is 9.54. The van der Waals surface area contributed by atoms with Crippen molar-refractivity contribution in [2.75, 3.05) is 18.5 Å². The maximum atomic E-state index is 11.1. The fraction of sp³-hybridized carbons (Fsp3) is 0.300. The van der Waals surface area contributed by atoms with Gasteiger partial charge in [-0.3, -0.25) is 10.1 Å². The van der Waals surface area contributed by atoms with Gasteiger partial charge in [-0.25, -0.2) is 4.79 Å². The van der Waals surface area contributed by atoms with Crippen LogP contribution < -0.4 is 5.32 Å². The summed E-state index contributed by atoms with van der Waals surface area (Å²) in [4.78, 5) is 20.9. The summed E-state index contributed by atoms with van der Waals surface area (Å²) >= 11 is 5.79. The number of nitro groups is 1. The summed E-state index contributed by atoms with van der Waals surface area (Å²) in [7, 11) is 0. The van der Waals surface area contributed by atoms with Crippen LogP contribution >= 0.6 is 11.6 Å². The van der Waals surface area contributed by atoms with Gasteiger partial charge >= 0.3 is 5.97 Å². The maximum Gasteiger partial charge on any atom is 0.338 e. The van der Waals surface area contributed by atoms with Crippen LogP contribution in [0.5, 0.6) is 0 Å². The fourth-order valence-corrected chi connectivity index (χ4v) is 1.63. The Hall–Kier alpha value is -1.90. The molecular formula is C10H11ClN2O6. The molecule has 0 atom stereocenters. The number of rotatable bonds is 6. The molecule has 0 heterocycles. The molecule has 0 aliphatic heterocycles. The second-order valence-electron chi connectivity index (χ2n) is 3.62. The van der Waals surface area contributed by atoms with Crippen molar-refractivity contribution in [2.45, 2.75) is 6.04 Å². The topological polar surface area (TPSA) is 133 Å². The Labute approximate surface area is 112 Å². The standard InChI is InChI=1S/C10H11ClN2O6/c11-8-2-6(13(18)19)1-7(10(16)17)9(8)12-5(3-14)4-15/h1-2,5,12,14-15H,3-4H2,(H,16,17). The Morgan fingerprint density at radius 2 is 2.00 bits per heavy atom. The number of hydrogen-bond donors (Lipinski definition) is 4. The Morgan fingerprint density at radius 1 is 1.42 bits per heavy atom. The van der Waals surface area contributed by atoms with Crippen LogP contribution in [0.4, 0.5) is 11.4 Å². The smallest absolute Gasteiger partial charge is 0.338 e. The fourth-order valence-electron chi connectivity index (χ4n) is 1.37. The minimum atomic E-state index is -1.41. The number of halogens is 1. The Morgan fingerprint density at radius 3 is 2.42 bits per heavy atom. The molecule has 4 N–H and O–H groups in total. The van der Waals surface area contributed by atoms with Gasteiger partial charge in [-0.2, -0.15) is 0 Å². The molecule has 8 nitrogen and oxygen atoms in total. The number of aliphatic hydroxyl groups is 2. The van der Waals surface area contributed by atoms with Crippen molar-refractivity contribution >= 4 is 28.9 Å². The highest BCUT2D eigenvalue weighted by Gasteiger charge is 2.21. The zero-order chi connectivity index (χ0) is 14.6. The molecule has 0 amide bonds. The van der Waals surface area contributed by atoms with E-state index >= 15 is 0 Å². The molecule has 0 aromatic heterocycles. The van der Waals surface area contributed by atoms with E-state index in [2.05, 4.69) is 5.32 Å². The van der Waals surface area contributed by atoms with Crippen molar-refractivity contribution < 1.29 is 25.0 Å². The number of carboxylic acid groups (broad SMARTS) is 1. The Bertz CT molecular complexity index is 503. The van der Waals surface area contributed by atoms with E-state index in [1.807, 2.05) is 0 Å². The van der Waals surface area contributed by atoms with Gasteiger partial charge in [-0.05, 0) is 0 Å². The molecular weight excluding hydrogens is 280 g/mol. The SMILES string of the molecule is O=C(O)c1cc([N+](=O)[O-])cc(Cl)c1NC(CO)CO. The minimum absolute atomic E-state index is 0.0899. The molecule has 0 unspecified atom stereocenters. The van der Waals surface area contributed by atoms with Crippen LogP contribution in [-0.4, -0.2) is 45.5 Å². The number of anilines is 1. The number of benzene rings is 1. The Kier molecular flexibility index (Phi) is 5.04. The summed E-state index contributed by atoms with van der Waals surface area (Å²) in [5.74, 6) is -1.41. The number of nitrogens with zero attached hydrogens (tertiary/aromatic N) is 1. The molecule has 0 fully saturated rings. The lowest BCUT2D eigenvalue weighted by atomic mass is 10.1. The van der Waals surface area contributed by atoms with Gasteiger partial charge in [0.05, 0.1) is 40.5 Å². The van der Waals surface area contributed by atoms with Crippen molar-refractivity contribution in [3.8, 4) is 0 Å². The van der Waals surface area contributed by atoms with Crippen molar-refractivity contribution in [1.29, 1.82) is 0 Å². The van der Waals surface area contributed by atoms with Gasteiger partial charge in [0.1, 0.15) is 0 Å². The van der Waals surface area contributed by atoms with Crippen LogP contribution in [-0.2, 0) is 0 Å². The predicted molar refractivity (Wildman–Crippen MR) is 66.6 cm³/mol. The van der Waals surface area contributed by atoms with E-state index in [0.29, 0.717) is 0 Å². The summed E-state index contributed by atoms with van der Waals surface area (Å²) < 4.78 is 0. The van der Waals surface area contributed by atoms with Crippen LogP contribution in [0.2, 0.25) is 5.02 Å². The van der Waals surface area contributed by atoms with Crippen molar-refractivity contribution in [1.82, 2.24) is 0 Å². The number of carbonyl (C=O) groups is 1. The van der Waals surface area contributed by atoms with E-state index in [1.165, 1.54) is 0 Å². The van der Waals surface area contributed by atoms with Crippen LogP contribution in [0.3, 0.4) is 0 Å². The number of hydrogen-bond acceptors (Lipinski definition) is 6. The molecule has 0 saturated carbocycles. The molecule has 0 spiro atoms. The lowest BCUT2D eigenvalue weighted by molar-refractivity contribution is -0.384. The number of aromatic carboxylic acids is 1. The lowest BCUT2D eigenvalue weighted by Crippen LogP contribution is -2.28. The van der Waals surface area contributed by atoms with Crippen molar-refractivity contribution in [3.05, 3.63) is 32.8 Å². The number of nitrogens with one attached hydrogen (secondary N) is 1. The molecule has 1 aromatic carbocycles. The Balaban J connectivity index is 3.29. The molecule has 9 heteroatoms. The highest BCUT2D eigenvalue weighted by molar-refractivity contribution is 6.34. The third-order valence-corrected chi connectivity index (χ3v) is 2.60. The minimum Gasteiger partial charge on any atom is -0.478 e. The summed E-state index contributed by atoms with van der Waals surface area (Å²) in [5.41, 5.74) is -0.962. The van der Waals surface area contributed by atoms with Gasteiger partial charge in [0.2, 0.25) is 0 Å². The summed E-state index contributed by atoms with van der Waals surface area (Å²) in [6.45, 7) is -0.911. The van der Waals surface area contributed by atoms with E-state index in [0.717, 1.165) is 12.1 Å². The highest BCUT2D eigenvalue weighted by atomic mass is 35.5. The van der Waals surface area contributed by atoms with E-state index in [-0.39, 0.29) is 10.7 Å². The largest absolute Gasteiger partial charge is 0.478 e. The molecule has 0 saturated heterocycles. The molecule has 0 radical (unpaired) electrons. The van der Waals surface area contributed by atoms with Crippen LogP contribution in [0.25, 0.3) is 0 Å². The van der Waals surface area contributed by atoms with Gasteiger partial charge in [-0.1, -0.05) is 11.6 Å². The number of carboxylic acids is 1. The summed E-state index contributed by atoms with van der Waals surface area (Å²) in [6.07, 6.45) is 0. The van der Waals surface area contributed by atoms with Gasteiger partial charge in [0.25, 0.3) is 5.69 Å². The van der Waals surface area contributed by atoms with Crippen LogP contribution in [0.15, 0.2) is 12.1 Å². The van der Waals surface area contributed by atoms with Gasteiger partial charge in [0.15, 0.2) is 0 Å². The van der Waals surface area contributed by atoms with Gasteiger partial charge < -0.3 is 20.6 Å². The third kappa shape index (κ3) is 3.53. The normalized spacial score (nSPS) is 10.5. The van der Waals surface area contributed by atoms with E-state index in [4.69, 9.17) is 26.9 Å². The highest BCUT2D eigenvalue weighted by Crippen LogP contribution is 2.31. The van der Waals surface area contributed by atoms with E-state index in [1.54, 1.807) is 0 Å². The van der Waals surface area contributed by atoms with Gasteiger partial charge in [0, 0.05) is 12.1 Å². The van der Waals surface area contributed by atoms with Crippen LogP contribution in [0, 0.1) is 10.1 Å². The third-order valence-electron chi connectivity index (χ3n) is 2.31. The average molecular weight is 291 g/mol. The number of non-ortho nitro benzene ring substituents is 1. The summed E-state index contributed by atoms with van der Waals surface area (Å²) in [5, 5.41) is 39.8. The summed E-state index contributed by atoms with van der Waals surface area (Å²) in [6, 6.07) is 1.02. The number of aliphatic hydroxyl groups excluding tert-OH is 2. The van der Waals surface area contributed by atoms with Gasteiger partial charge in [-0.15, -0.1) is 0 Å². The first-order valence-electron chi connectivity index (χ1n) is 5.10. The first kappa shape index (κ1) is 15.2. The second kappa shape index (κ2) is 6.32. The lowest BCUT2D eigenvalue weighted by Gasteiger charge is -2.17. The average Bonchev–Trinajstić information content (AvgIpc) is 2.36. The molecule has 0 aliphatic carbocycles.